The molecule has 0 atom stereocenters. The van der Waals surface area contributed by atoms with Crippen LogP contribution >= 0.6 is 22.6 Å². The van der Waals surface area contributed by atoms with E-state index in [2.05, 4.69) is 0 Å². The van der Waals surface area contributed by atoms with Crippen molar-refractivity contribution in [3.8, 4) is 5.69 Å². The van der Waals surface area contributed by atoms with E-state index >= 15 is 0 Å². The molecule has 0 aliphatic rings. The van der Waals surface area contributed by atoms with Gasteiger partial charge in [-0.15, -0.1) is 0 Å². The zero-order valence-electron chi connectivity index (χ0n) is 8.88. The maximum absolute atomic E-state index is 11.7. The zero-order valence-corrected chi connectivity index (χ0v) is 11.0. The predicted octanol–water partition coefficient (Wildman–Crippen LogP) is 0.829. The lowest BCUT2D eigenvalue weighted by Crippen LogP contribution is -2.32. The Morgan fingerprint density at radius 1 is 1.28 bits per heavy atom. The van der Waals surface area contributed by atoms with E-state index in [0.29, 0.717) is 5.69 Å². The lowest BCUT2D eigenvalue weighted by atomic mass is 10.3. The SMILES string of the molecule is O=C(O)c1cn(-c2ccccc2I)c(=O)[nH]c1=O. The van der Waals surface area contributed by atoms with Gasteiger partial charge in [0.25, 0.3) is 5.56 Å². The molecular weight excluding hydrogens is 351 g/mol. The number of nitrogens with one attached hydrogen (secondary N) is 1. The van der Waals surface area contributed by atoms with E-state index in [1.54, 1.807) is 24.3 Å². The first-order valence-corrected chi connectivity index (χ1v) is 5.93. The van der Waals surface area contributed by atoms with Gasteiger partial charge in [-0.25, -0.2) is 9.59 Å². The Labute approximate surface area is 114 Å². The van der Waals surface area contributed by atoms with Crippen molar-refractivity contribution in [3.63, 3.8) is 0 Å². The number of benzene rings is 1. The minimum atomic E-state index is -1.38. The van der Waals surface area contributed by atoms with Crippen molar-refractivity contribution in [2.24, 2.45) is 0 Å². The highest BCUT2D eigenvalue weighted by Crippen LogP contribution is 2.14. The van der Waals surface area contributed by atoms with Crippen LogP contribution in [0.3, 0.4) is 0 Å². The van der Waals surface area contributed by atoms with Crippen molar-refractivity contribution in [3.05, 3.63) is 60.4 Å². The molecule has 0 radical (unpaired) electrons. The predicted molar refractivity (Wildman–Crippen MR) is 72.3 cm³/mol. The third-order valence-electron chi connectivity index (χ3n) is 2.28. The van der Waals surface area contributed by atoms with Crippen molar-refractivity contribution in [2.45, 2.75) is 0 Å². The normalized spacial score (nSPS) is 10.3. The van der Waals surface area contributed by atoms with Crippen molar-refractivity contribution < 1.29 is 9.90 Å². The summed E-state index contributed by atoms with van der Waals surface area (Å²) in [6.45, 7) is 0. The number of hydrogen-bond acceptors (Lipinski definition) is 3. The fraction of sp³-hybridized carbons (Fsp3) is 0. The number of rotatable bonds is 2. The highest BCUT2D eigenvalue weighted by Gasteiger charge is 2.13. The summed E-state index contributed by atoms with van der Waals surface area (Å²) in [4.78, 5) is 35.8. The number of aromatic amines is 1. The van der Waals surface area contributed by atoms with Gasteiger partial charge >= 0.3 is 11.7 Å². The zero-order chi connectivity index (χ0) is 13.3. The number of nitrogens with zero attached hydrogens (tertiary/aromatic N) is 1. The Kier molecular flexibility index (Phi) is 3.32. The Morgan fingerprint density at radius 3 is 2.56 bits per heavy atom. The molecule has 1 aromatic heterocycles. The number of aromatic carboxylic acids is 1. The molecule has 7 heteroatoms. The Balaban J connectivity index is 2.77. The van der Waals surface area contributed by atoms with Crippen LogP contribution in [0.2, 0.25) is 0 Å². The van der Waals surface area contributed by atoms with E-state index in [-0.39, 0.29) is 0 Å². The summed E-state index contributed by atoms with van der Waals surface area (Å²) in [6.07, 6.45) is 1.03. The molecule has 0 fully saturated rings. The van der Waals surface area contributed by atoms with Crippen molar-refractivity contribution in [1.29, 1.82) is 0 Å². The van der Waals surface area contributed by atoms with E-state index in [1.807, 2.05) is 27.6 Å². The second-order valence-corrected chi connectivity index (χ2v) is 4.59. The number of hydrogen-bond donors (Lipinski definition) is 2. The van der Waals surface area contributed by atoms with Gasteiger partial charge in [-0.2, -0.15) is 0 Å². The fourth-order valence-corrected chi connectivity index (χ4v) is 2.10. The number of para-hydroxylation sites is 1. The standard InChI is InChI=1S/C11H7IN2O4/c12-7-3-1-2-4-8(7)14-5-6(10(16)17)9(15)13-11(14)18/h1-5H,(H,16,17)(H,13,15,18). The van der Waals surface area contributed by atoms with Gasteiger partial charge in [0, 0.05) is 9.77 Å². The van der Waals surface area contributed by atoms with Crippen molar-refractivity contribution in [2.75, 3.05) is 0 Å². The minimum Gasteiger partial charge on any atom is -0.477 e. The summed E-state index contributed by atoms with van der Waals surface area (Å²) in [6, 6.07) is 6.94. The first kappa shape index (κ1) is 12.6. The molecule has 2 aromatic rings. The van der Waals surface area contributed by atoms with Gasteiger partial charge in [0.15, 0.2) is 0 Å². The maximum atomic E-state index is 11.7. The van der Waals surface area contributed by atoms with Crippen LogP contribution in [-0.4, -0.2) is 20.6 Å². The number of H-pyrrole nitrogens is 1. The van der Waals surface area contributed by atoms with Gasteiger partial charge < -0.3 is 5.11 Å². The molecule has 0 spiro atoms. The molecule has 2 N–H and O–H groups in total. The summed E-state index contributed by atoms with van der Waals surface area (Å²) in [5, 5.41) is 8.86. The molecule has 0 saturated carbocycles. The second kappa shape index (κ2) is 4.77. The van der Waals surface area contributed by atoms with Gasteiger partial charge in [-0.1, -0.05) is 12.1 Å². The monoisotopic (exact) mass is 358 g/mol. The molecule has 1 heterocycles. The summed E-state index contributed by atoms with van der Waals surface area (Å²) >= 11 is 2.02. The Morgan fingerprint density at radius 2 is 1.94 bits per heavy atom. The Bertz CT molecular complexity index is 732. The molecule has 0 aliphatic heterocycles. The lowest BCUT2D eigenvalue weighted by Gasteiger charge is -2.07. The van der Waals surface area contributed by atoms with Gasteiger partial charge in [-0.3, -0.25) is 14.3 Å². The summed E-state index contributed by atoms with van der Waals surface area (Å²) < 4.78 is 1.87. The van der Waals surface area contributed by atoms with Crippen LogP contribution in [0.5, 0.6) is 0 Å². The average Bonchev–Trinajstić information content (AvgIpc) is 2.30. The van der Waals surface area contributed by atoms with Crippen LogP contribution in [0, 0.1) is 3.57 Å². The van der Waals surface area contributed by atoms with Crippen LogP contribution in [0.25, 0.3) is 5.69 Å². The highest BCUT2D eigenvalue weighted by atomic mass is 127. The Hall–Kier alpha value is -1.90. The number of aromatic nitrogens is 2. The number of carbonyl (C=O) groups is 1. The highest BCUT2D eigenvalue weighted by molar-refractivity contribution is 14.1. The molecule has 0 amide bonds. The number of halogens is 1. The third kappa shape index (κ3) is 2.21. The molecule has 0 aliphatic carbocycles. The molecular formula is C11H7IN2O4. The van der Waals surface area contributed by atoms with Gasteiger partial charge in [0.1, 0.15) is 5.56 Å². The van der Waals surface area contributed by atoms with Crippen molar-refractivity contribution >= 4 is 28.6 Å². The van der Waals surface area contributed by atoms with Crippen LogP contribution in [0.1, 0.15) is 10.4 Å². The van der Waals surface area contributed by atoms with Crippen LogP contribution in [0.15, 0.2) is 40.1 Å². The molecule has 18 heavy (non-hydrogen) atoms. The first-order chi connectivity index (χ1) is 8.50. The maximum Gasteiger partial charge on any atom is 0.342 e. The van der Waals surface area contributed by atoms with Gasteiger partial charge in [-0.05, 0) is 34.7 Å². The first-order valence-electron chi connectivity index (χ1n) is 4.85. The van der Waals surface area contributed by atoms with E-state index in [9.17, 15) is 14.4 Å². The molecule has 92 valence electrons. The number of carboxylic acid groups (broad SMARTS) is 1. The van der Waals surface area contributed by atoms with Gasteiger partial charge in [0.2, 0.25) is 0 Å². The summed E-state index contributed by atoms with van der Waals surface area (Å²) in [5.41, 5.74) is -1.54. The lowest BCUT2D eigenvalue weighted by molar-refractivity contribution is 0.0694. The summed E-state index contributed by atoms with van der Waals surface area (Å²) in [7, 11) is 0. The summed E-state index contributed by atoms with van der Waals surface area (Å²) in [5.74, 6) is -1.38. The third-order valence-corrected chi connectivity index (χ3v) is 3.20. The minimum absolute atomic E-state index is 0.478. The van der Waals surface area contributed by atoms with Crippen molar-refractivity contribution in [1.82, 2.24) is 9.55 Å². The quantitative estimate of drug-likeness (QED) is 0.778. The molecule has 2 rings (SSSR count). The van der Waals surface area contributed by atoms with Crippen LogP contribution in [-0.2, 0) is 0 Å². The molecule has 0 saturated heterocycles. The average molecular weight is 358 g/mol. The van der Waals surface area contributed by atoms with Gasteiger partial charge in [0.05, 0.1) is 5.69 Å². The largest absolute Gasteiger partial charge is 0.477 e. The fourth-order valence-electron chi connectivity index (χ4n) is 1.45. The van der Waals surface area contributed by atoms with Crippen LogP contribution in [0.4, 0.5) is 0 Å². The second-order valence-electron chi connectivity index (χ2n) is 3.43. The van der Waals surface area contributed by atoms with Crippen LogP contribution < -0.4 is 11.2 Å². The number of carboxylic acids is 1. The topological polar surface area (TPSA) is 92.2 Å². The van der Waals surface area contributed by atoms with E-state index in [1.165, 1.54) is 0 Å². The smallest absolute Gasteiger partial charge is 0.342 e. The molecule has 1 aromatic carbocycles. The van der Waals surface area contributed by atoms with E-state index < -0.39 is 22.8 Å². The van der Waals surface area contributed by atoms with E-state index in [0.717, 1.165) is 14.3 Å². The molecule has 6 nitrogen and oxygen atoms in total. The van der Waals surface area contributed by atoms with E-state index in [4.69, 9.17) is 5.11 Å². The molecule has 0 unspecified atom stereocenters. The molecule has 0 bridgehead atoms.